The van der Waals surface area contributed by atoms with Gasteiger partial charge in [-0.1, -0.05) is 140 Å². The summed E-state index contributed by atoms with van der Waals surface area (Å²) < 4.78 is 0. The zero-order valence-electron chi connectivity index (χ0n) is 29.8. The summed E-state index contributed by atoms with van der Waals surface area (Å²) >= 11 is 0. The van der Waals surface area contributed by atoms with E-state index >= 15 is 0 Å². The van der Waals surface area contributed by atoms with Gasteiger partial charge in [-0.3, -0.25) is 0 Å². The molecule has 0 aromatic heterocycles. The van der Waals surface area contributed by atoms with Gasteiger partial charge in [0.05, 0.1) is 0 Å². The third-order valence-electron chi connectivity index (χ3n) is 12.6. The second kappa shape index (κ2) is 11.4. The molecule has 0 heteroatoms. The molecule has 0 N–H and O–H groups in total. The molecule has 0 fully saturated rings. The maximum atomic E-state index is 2.61. The highest BCUT2D eigenvalue weighted by Gasteiger charge is 2.47. The second-order valence-electron chi connectivity index (χ2n) is 15.2. The summed E-state index contributed by atoms with van der Waals surface area (Å²) in [6.45, 7) is 4.49. The predicted octanol–water partition coefficient (Wildman–Crippen LogP) is 14.0. The molecule has 0 aliphatic heterocycles. The molecular weight excluding hydrogens is 625 g/mol. The van der Waals surface area contributed by atoms with Crippen molar-refractivity contribution < 1.29 is 0 Å². The summed E-state index contributed by atoms with van der Waals surface area (Å²) in [6.07, 6.45) is 28.1. The Balaban J connectivity index is 1.41. The molecule has 0 saturated carbocycles. The van der Waals surface area contributed by atoms with E-state index < -0.39 is 0 Å². The summed E-state index contributed by atoms with van der Waals surface area (Å²) in [5, 5.41) is 5.59. The Morgan fingerprint density at radius 1 is 0.712 bits per heavy atom. The van der Waals surface area contributed by atoms with Crippen molar-refractivity contribution in [2.45, 2.75) is 39.5 Å². The van der Waals surface area contributed by atoms with Crippen LogP contribution in [0.25, 0.3) is 66.1 Å². The summed E-state index contributed by atoms with van der Waals surface area (Å²) in [7, 11) is 0. The molecule has 0 bridgehead atoms. The van der Waals surface area contributed by atoms with E-state index in [-0.39, 0.29) is 5.92 Å². The SMILES string of the molecule is CC=CC=C(C)c1c2c(c(-c3ccccc3)c3cc4c5c(cccc5c13)C1=C4CCC=C1)C1=CC=CC3C4=C(CCC=C4)C(c4ccccc4)=C2C13. The zero-order chi connectivity index (χ0) is 34.5. The number of fused-ring (bicyclic) bond motifs is 8. The molecule has 2 unspecified atom stereocenters. The average molecular weight is 665 g/mol. The van der Waals surface area contributed by atoms with Crippen molar-refractivity contribution in [1.29, 1.82) is 0 Å². The minimum absolute atomic E-state index is 0.260. The zero-order valence-corrected chi connectivity index (χ0v) is 29.8. The van der Waals surface area contributed by atoms with Gasteiger partial charge in [0.2, 0.25) is 0 Å². The topological polar surface area (TPSA) is 0 Å². The van der Waals surface area contributed by atoms with Gasteiger partial charge in [-0.15, -0.1) is 0 Å². The lowest BCUT2D eigenvalue weighted by atomic mass is 9.65. The molecule has 0 nitrogen and oxygen atoms in total. The van der Waals surface area contributed by atoms with Gasteiger partial charge in [0.25, 0.3) is 0 Å². The Morgan fingerprint density at radius 3 is 2.29 bits per heavy atom. The molecular formula is C52H40. The smallest absolute Gasteiger partial charge is 0.0212 e. The van der Waals surface area contributed by atoms with Crippen LogP contribution in [0.4, 0.5) is 0 Å². The Bertz CT molecular complexity index is 2710. The fourth-order valence-electron chi connectivity index (χ4n) is 10.6. The highest BCUT2D eigenvalue weighted by atomic mass is 14.5. The van der Waals surface area contributed by atoms with Crippen LogP contribution in [0.1, 0.15) is 72.9 Å². The molecule has 6 aliphatic rings. The van der Waals surface area contributed by atoms with Crippen LogP contribution in [-0.4, -0.2) is 0 Å². The molecule has 6 aliphatic carbocycles. The van der Waals surface area contributed by atoms with E-state index in [9.17, 15) is 0 Å². The van der Waals surface area contributed by atoms with E-state index in [0.29, 0.717) is 5.92 Å². The normalized spacial score (nSPS) is 21.0. The molecule has 0 saturated heterocycles. The molecule has 0 amide bonds. The van der Waals surface area contributed by atoms with Gasteiger partial charge in [-0.2, -0.15) is 0 Å². The van der Waals surface area contributed by atoms with Crippen LogP contribution >= 0.6 is 0 Å². The molecule has 5 aromatic rings. The molecule has 11 rings (SSSR count). The van der Waals surface area contributed by atoms with Crippen molar-refractivity contribution in [1.82, 2.24) is 0 Å². The first-order valence-electron chi connectivity index (χ1n) is 19.2. The molecule has 248 valence electrons. The number of benzene rings is 5. The molecule has 0 heterocycles. The molecule has 5 aromatic carbocycles. The maximum absolute atomic E-state index is 2.61. The van der Waals surface area contributed by atoms with Crippen LogP contribution in [-0.2, 0) is 0 Å². The van der Waals surface area contributed by atoms with Crippen LogP contribution in [0.2, 0.25) is 0 Å². The summed E-state index contributed by atoms with van der Waals surface area (Å²) in [4.78, 5) is 0. The standard InChI is InChI=1S/C52H40/c1-3-4-17-31(2)44-49-40-28-15-26-38-34-22-11-12-23-35(34)42(47(38)40)30-43(49)46(33-20-9-6-10-21-33)50-41-29-16-27-39-36-24-13-14-25-37(36)45(32-18-7-5-8-19-32)52(48(39)41)51(44)50/h3-11,13,15-22,24,26-30,39,48H,12,14,23,25H2,1-2H3. The van der Waals surface area contributed by atoms with E-state index in [1.807, 2.05) is 0 Å². The fraction of sp³-hybridized carbons (Fsp3) is 0.154. The third kappa shape index (κ3) is 3.98. The fourth-order valence-corrected chi connectivity index (χ4v) is 10.6. The van der Waals surface area contributed by atoms with Gasteiger partial charge >= 0.3 is 0 Å². The van der Waals surface area contributed by atoms with Gasteiger partial charge in [-0.25, -0.2) is 0 Å². The third-order valence-corrected chi connectivity index (χ3v) is 12.6. The van der Waals surface area contributed by atoms with Crippen molar-refractivity contribution in [3.8, 4) is 11.1 Å². The van der Waals surface area contributed by atoms with Crippen LogP contribution in [0.3, 0.4) is 0 Å². The lowest BCUT2D eigenvalue weighted by Gasteiger charge is -2.37. The first-order chi connectivity index (χ1) is 25.7. The van der Waals surface area contributed by atoms with Gasteiger partial charge in [0, 0.05) is 11.8 Å². The van der Waals surface area contributed by atoms with Gasteiger partial charge in [0.15, 0.2) is 0 Å². The van der Waals surface area contributed by atoms with E-state index in [4.69, 9.17) is 0 Å². The van der Waals surface area contributed by atoms with E-state index in [2.05, 4.69) is 160 Å². The van der Waals surface area contributed by atoms with E-state index in [0.717, 1.165) is 25.7 Å². The Hall–Kier alpha value is -5.72. The summed E-state index contributed by atoms with van der Waals surface area (Å²) in [5.74, 6) is 0.580. The molecule has 52 heavy (non-hydrogen) atoms. The van der Waals surface area contributed by atoms with Crippen LogP contribution in [0.5, 0.6) is 0 Å². The first-order valence-corrected chi connectivity index (χ1v) is 19.2. The quantitative estimate of drug-likeness (QED) is 0.132. The van der Waals surface area contributed by atoms with E-state index in [1.165, 1.54) is 111 Å². The van der Waals surface area contributed by atoms with Crippen LogP contribution in [0, 0.1) is 11.8 Å². The lowest BCUT2D eigenvalue weighted by Crippen LogP contribution is -2.23. The summed E-state index contributed by atoms with van der Waals surface area (Å²) in [6, 6.07) is 32.3. The number of hydrogen-bond donors (Lipinski definition) is 0. The predicted molar refractivity (Wildman–Crippen MR) is 223 cm³/mol. The molecule has 0 spiro atoms. The Kier molecular flexibility index (Phi) is 6.56. The van der Waals surface area contributed by atoms with E-state index in [1.54, 1.807) is 0 Å². The highest BCUT2D eigenvalue weighted by Crippen LogP contribution is 2.65. The number of hydrogen-bond acceptors (Lipinski definition) is 0. The lowest BCUT2D eigenvalue weighted by molar-refractivity contribution is 0.663. The molecule has 2 atom stereocenters. The van der Waals surface area contributed by atoms with Crippen molar-refractivity contribution >= 4 is 55.0 Å². The van der Waals surface area contributed by atoms with Crippen molar-refractivity contribution in [3.63, 3.8) is 0 Å². The van der Waals surface area contributed by atoms with Crippen LogP contribution in [0.15, 0.2) is 157 Å². The second-order valence-corrected chi connectivity index (χ2v) is 15.2. The summed E-state index contributed by atoms with van der Waals surface area (Å²) in [5.41, 5.74) is 22.9. The Morgan fingerprint density at radius 2 is 1.48 bits per heavy atom. The minimum atomic E-state index is 0.260. The monoisotopic (exact) mass is 664 g/mol. The molecule has 0 radical (unpaired) electrons. The van der Waals surface area contributed by atoms with Crippen molar-refractivity contribution in [3.05, 3.63) is 190 Å². The van der Waals surface area contributed by atoms with Crippen molar-refractivity contribution in [2.24, 2.45) is 11.8 Å². The largest absolute Gasteiger partial charge is 0.0877 e. The van der Waals surface area contributed by atoms with Crippen molar-refractivity contribution in [2.75, 3.05) is 0 Å². The minimum Gasteiger partial charge on any atom is -0.0877 e. The number of rotatable bonds is 4. The average Bonchev–Trinajstić information content (AvgIpc) is 3.71. The highest BCUT2D eigenvalue weighted by molar-refractivity contribution is 6.30. The van der Waals surface area contributed by atoms with Gasteiger partial charge < -0.3 is 0 Å². The van der Waals surface area contributed by atoms with Crippen LogP contribution < -0.4 is 0 Å². The van der Waals surface area contributed by atoms with Gasteiger partial charge in [-0.05, 0) is 156 Å². The number of allylic oxidation sites excluding steroid dienone is 18. The maximum Gasteiger partial charge on any atom is 0.0212 e. The first kappa shape index (κ1) is 30.0. The Labute approximate surface area is 306 Å². The van der Waals surface area contributed by atoms with Gasteiger partial charge in [0.1, 0.15) is 0 Å².